The van der Waals surface area contributed by atoms with Crippen molar-refractivity contribution < 1.29 is 23.9 Å². The molecule has 182 valence electrons. The van der Waals surface area contributed by atoms with Gasteiger partial charge in [0.25, 0.3) is 5.91 Å². The first-order valence-corrected chi connectivity index (χ1v) is 11.7. The number of ether oxygens (including phenoxy) is 2. The van der Waals surface area contributed by atoms with Crippen LogP contribution in [0.2, 0.25) is 5.02 Å². The average Bonchev–Trinajstić information content (AvgIpc) is 2.85. The second-order valence-corrected chi connectivity index (χ2v) is 8.33. The molecule has 1 atom stereocenters. The first-order chi connectivity index (χ1) is 16.3. The van der Waals surface area contributed by atoms with Gasteiger partial charge in [-0.2, -0.15) is 0 Å². The Kier molecular flexibility index (Phi) is 8.90. The van der Waals surface area contributed by atoms with Crippen LogP contribution in [0, 0.1) is 0 Å². The van der Waals surface area contributed by atoms with Gasteiger partial charge in [0.15, 0.2) is 19.0 Å². The van der Waals surface area contributed by atoms with Gasteiger partial charge in [-0.15, -0.1) is 0 Å². The quantitative estimate of drug-likeness (QED) is 0.490. The second-order valence-electron chi connectivity index (χ2n) is 7.89. The number of hydrogen-bond acceptors (Lipinski definition) is 6. The lowest BCUT2D eigenvalue weighted by Crippen LogP contribution is -2.52. The summed E-state index contributed by atoms with van der Waals surface area (Å²) in [7, 11) is 0. The molecule has 0 aliphatic carbocycles. The van der Waals surface area contributed by atoms with E-state index in [4.69, 9.17) is 21.1 Å². The van der Waals surface area contributed by atoms with E-state index in [0.29, 0.717) is 34.3 Å². The van der Waals surface area contributed by atoms with Crippen LogP contribution in [-0.2, 0) is 9.59 Å². The van der Waals surface area contributed by atoms with Crippen LogP contribution >= 0.6 is 11.6 Å². The Morgan fingerprint density at radius 1 is 1.18 bits per heavy atom. The minimum absolute atomic E-state index is 0.170. The zero-order valence-corrected chi connectivity index (χ0v) is 20.4. The van der Waals surface area contributed by atoms with Gasteiger partial charge in [-0.05, 0) is 62.5 Å². The summed E-state index contributed by atoms with van der Waals surface area (Å²) >= 11 is 5.87. The van der Waals surface area contributed by atoms with Gasteiger partial charge in [0, 0.05) is 23.7 Å². The fourth-order valence-corrected chi connectivity index (χ4v) is 3.80. The van der Waals surface area contributed by atoms with Gasteiger partial charge in [-0.25, -0.2) is 0 Å². The summed E-state index contributed by atoms with van der Waals surface area (Å²) in [6, 6.07) is 10.8. The number of amides is 2. The Morgan fingerprint density at radius 2 is 1.88 bits per heavy atom. The second kappa shape index (κ2) is 11.9. The molecule has 2 aromatic carbocycles. The molecule has 2 amide bonds. The number of anilines is 1. The number of halogens is 1. The van der Waals surface area contributed by atoms with E-state index in [-0.39, 0.29) is 30.8 Å². The van der Waals surface area contributed by atoms with Crippen molar-refractivity contribution in [2.24, 2.45) is 0 Å². The molecule has 0 saturated carbocycles. The van der Waals surface area contributed by atoms with Crippen molar-refractivity contribution in [1.82, 2.24) is 10.2 Å². The molecule has 0 radical (unpaired) electrons. The number of nitrogens with one attached hydrogen (secondary N) is 1. The maximum absolute atomic E-state index is 12.8. The van der Waals surface area contributed by atoms with Crippen LogP contribution in [0.3, 0.4) is 0 Å². The molecule has 0 unspecified atom stereocenters. The first-order valence-electron chi connectivity index (χ1n) is 11.3. The van der Waals surface area contributed by atoms with Crippen LogP contribution in [0.15, 0.2) is 42.5 Å². The van der Waals surface area contributed by atoms with Gasteiger partial charge in [-0.1, -0.05) is 25.4 Å². The number of rotatable bonds is 11. The third-order valence-electron chi connectivity index (χ3n) is 5.73. The minimum atomic E-state index is -0.762. The number of carbonyl (C=O) groups is 3. The number of likely N-dealkylation sites (N-methyl/N-ethyl adjacent to an activating group) is 1. The number of fused-ring (bicyclic) bond motifs is 1. The SMILES string of the molecule is CCN(CC)CCNC(=O)[C@H](C)N1C(=O)COc2ccc(C(=O)COc3ccc(Cl)cc3)cc21. The summed E-state index contributed by atoms with van der Waals surface area (Å²) in [6.07, 6.45) is 0. The summed E-state index contributed by atoms with van der Waals surface area (Å²) in [5, 5.41) is 3.47. The van der Waals surface area contributed by atoms with Crippen molar-refractivity contribution in [2.75, 3.05) is 44.3 Å². The fourth-order valence-electron chi connectivity index (χ4n) is 3.67. The molecular weight excluding hydrogens is 458 g/mol. The number of Topliss-reactive ketones (excluding diaryl/α,β-unsaturated/α-hetero) is 1. The van der Waals surface area contributed by atoms with Gasteiger partial charge < -0.3 is 19.7 Å². The van der Waals surface area contributed by atoms with Crippen LogP contribution in [0.25, 0.3) is 0 Å². The van der Waals surface area contributed by atoms with Gasteiger partial charge in [-0.3, -0.25) is 19.3 Å². The van der Waals surface area contributed by atoms with Crippen molar-refractivity contribution in [2.45, 2.75) is 26.8 Å². The highest BCUT2D eigenvalue weighted by molar-refractivity contribution is 6.30. The highest BCUT2D eigenvalue weighted by Crippen LogP contribution is 2.34. The van der Waals surface area contributed by atoms with Gasteiger partial charge in [0.2, 0.25) is 5.91 Å². The summed E-state index contributed by atoms with van der Waals surface area (Å²) in [5.74, 6) is 0.0764. The summed E-state index contributed by atoms with van der Waals surface area (Å²) in [6.45, 7) is 8.45. The molecule has 1 heterocycles. The predicted molar refractivity (Wildman–Crippen MR) is 131 cm³/mol. The molecule has 0 bridgehead atoms. The number of benzene rings is 2. The van der Waals surface area contributed by atoms with Crippen molar-refractivity contribution in [3.05, 3.63) is 53.1 Å². The number of carbonyl (C=O) groups excluding carboxylic acids is 3. The molecule has 0 fully saturated rings. The Morgan fingerprint density at radius 3 is 2.56 bits per heavy atom. The number of ketones is 1. The number of hydrogen-bond donors (Lipinski definition) is 1. The van der Waals surface area contributed by atoms with E-state index in [1.165, 1.54) is 4.90 Å². The van der Waals surface area contributed by atoms with Crippen LogP contribution in [0.5, 0.6) is 11.5 Å². The Bertz CT molecular complexity index is 1020. The zero-order chi connectivity index (χ0) is 24.7. The van der Waals surface area contributed by atoms with E-state index in [9.17, 15) is 14.4 Å². The fraction of sp³-hybridized carbons (Fsp3) is 0.400. The highest BCUT2D eigenvalue weighted by atomic mass is 35.5. The van der Waals surface area contributed by atoms with Crippen molar-refractivity contribution >= 4 is 34.9 Å². The summed E-state index contributed by atoms with van der Waals surface area (Å²) in [4.78, 5) is 41.8. The molecule has 0 saturated heterocycles. The van der Waals surface area contributed by atoms with E-state index in [1.54, 1.807) is 49.4 Å². The van der Waals surface area contributed by atoms with E-state index in [1.807, 2.05) is 0 Å². The average molecular weight is 488 g/mol. The lowest BCUT2D eigenvalue weighted by molar-refractivity contribution is -0.127. The molecule has 2 aromatic rings. The third kappa shape index (κ3) is 6.27. The lowest BCUT2D eigenvalue weighted by Gasteiger charge is -2.33. The van der Waals surface area contributed by atoms with E-state index >= 15 is 0 Å². The maximum atomic E-state index is 12.8. The van der Waals surface area contributed by atoms with Crippen molar-refractivity contribution in [3.63, 3.8) is 0 Å². The summed E-state index contributed by atoms with van der Waals surface area (Å²) in [5.41, 5.74) is 0.741. The van der Waals surface area contributed by atoms with Crippen LogP contribution in [0.1, 0.15) is 31.1 Å². The highest BCUT2D eigenvalue weighted by Gasteiger charge is 2.33. The predicted octanol–water partition coefficient (Wildman–Crippen LogP) is 3.17. The molecular formula is C25H30ClN3O5. The monoisotopic (exact) mass is 487 g/mol. The summed E-state index contributed by atoms with van der Waals surface area (Å²) < 4.78 is 11.1. The van der Waals surface area contributed by atoms with Crippen molar-refractivity contribution in [3.8, 4) is 11.5 Å². The van der Waals surface area contributed by atoms with E-state index in [0.717, 1.165) is 19.6 Å². The smallest absolute Gasteiger partial charge is 0.265 e. The molecule has 1 N–H and O–H groups in total. The van der Waals surface area contributed by atoms with Gasteiger partial charge in [0.1, 0.15) is 17.5 Å². The zero-order valence-electron chi connectivity index (χ0n) is 19.7. The first kappa shape index (κ1) is 25.5. The minimum Gasteiger partial charge on any atom is -0.485 e. The van der Waals surface area contributed by atoms with Crippen LogP contribution in [0.4, 0.5) is 5.69 Å². The normalized spacial score (nSPS) is 13.8. The van der Waals surface area contributed by atoms with Gasteiger partial charge >= 0.3 is 0 Å². The Hall–Kier alpha value is -3.10. The maximum Gasteiger partial charge on any atom is 0.265 e. The van der Waals surface area contributed by atoms with Crippen molar-refractivity contribution in [1.29, 1.82) is 0 Å². The standard InChI is InChI=1S/C25H30ClN3O5/c1-4-28(5-2)13-12-27-25(32)17(3)29-21-14-18(6-11-23(21)34-16-24(29)31)22(30)15-33-20-9-7-19(26)8-10-20/h6-11,14,17H,4-5,12-13,15-16H2,1-3H3,(H,27,32)/t17-/m0/s1. The molecule has 0 aromatic heterocycles. The van der Waals surface area contributed by atoms with Crippen LogP contribution < -0.4 is 19.7 Å². The topological polar surface area (TPSA) is 88.2 Å². The van der Waals surface area contributed by atoms with Gasteiger partial charge in [0.05, 0.1) is 5.69 Å². The molecule has 3 rings (SSSR count). The molecule has 9 heteroatoms. The molecule has 1 aliphatic rings. The molecule has 1 aliphatic heterocycles. The molecule has 34 heavy (non-hydrogen) atoms. The Labute approximate surface area is 204 Å². The van der Waals surface area contributed by atoms with Crippen LogP contribution in [-0.4, -0.2) is 67.9 Å². The largest absolute Gasteiger partial charge is 0.485 e. The number of nitrogens with zero attached hydrogens (tertiary/aromatic N) is 2. The van der Waals surface area contributed by atoms with E-state index < -0.39 is 6.04 Å². The lowest BCUT2D eigenvalue weighted by atomic mass is 10.1. The molecule has 8 nitrogen and oxygen atoms in total. The Balaban J connectivity index is 1.70. The van der Waals surface area contributed by atoms with E-state index in [2.05, 4.69) is 24.1 Å². The third-order valence-corrected chi connectivity index (χ3v) is 5.98. The molecule has 0 spiro atoms.